The number of carboxylic acids is 1. The Balaban J connectivity index is 2.15. The molecule has 0 unspecified atom stereocenters. The molecule has 27 heavy (non-hydrogen) atoms. The number of rotatable bonds is 5. The predicted molar refractivity (Wildman–Crippen MR) is 103 cm³/mol. The summed E-state index contributed by atoms with van der Waals surface area (Å²) in [4.78, 5) is 26.1. The Morgan fingerprint density at radius 1 is 1.37 bits per heavy atom. The van der Waals surface area contributed by atoms with Crippen LogP contribution in [0.2, 0.25) is 0 Å². The summed E-state index contributed by atoms with van der Waals surface area (Å²) >= 11 is 1.01. The average Bonchev–Trinajstić information content (AvgIpc) is 3.12. The molecule has 7 nitrogen and oxygen atoms in total. The summed E-state index contributed by atoms with van der Waals surface area (Å²) in [5, 5.41) is 31.6. The van der Waals surface area contributed by atoms with Gasteiger partial charge in [0.1, 0.15) is 16.6 Å². The van der Waals surface area contributed by atoms with Crippen molar-refractivity contribution >= 4 is 34.4 Å². The summed E-state index contributed by atoms with van der Waals surface area (Å²) in [6.45, 7) is 1.84. The monoisotopic (exact) mass is 378 g/mol. The number of benzene rings is 1. The lowest BCUT2D eigenvalue weighted by molar-refractivity contribution is 0.0702. The number of aromatic amines is 1. The predicted octanol–water partition coefficient (Wildman–Crippen LogP) is 3.47. The first-order valence-electron chi connectivity index (χ1n) is 7.82. The third-order valence-electron chi connectivity index (χ3n) is 3.96. The summed E-state index contributed by atoms with van der Waals surface area (Å²) in [6, 6.07) is 10.6. The lowest BCUT2D eigenvalue weighted by Gasteiger charge is -2.14. The number of aryl methyl sites for hydroxylation is 1. The molecule has 0 aliphatic heterocycles. The van der Waals surface area contributed by atoms with Crippen molar-refractivity contribution in [3.05, 3.63) is 79.4 Å². The first-order valence-corrected chi connectivity index (χ1v) is 8.70. The van der Waals surface area contributed by atoms with Crippen LogP contribution in [0.5, 0.6) is 0 Å². The van der Waals surface area contributed by atoms with Crippen LogP contribution in [-0.2, 0) is 0 Å². The van der Waals surface area contributed by atoms with Crippen molar-refractivity contribution in [1.82, 2.24) is 4.98 Å². The van der Waals surface area contributed by atoms with Crippen molar-refractivity contribution < 1.29 is 9.90 Å². The van der Waals surface area contributed by atoms with Crippen molar-refractivity contribution in [3.63, 3.8) is 0 Å². The molecule has 134 valence electrons. The molecule has 0 atom stereocenters. The lowest BCUT2D eigenvalue weighted by atomic mass is 9.95. The molecule has 0 aliphatic rings. The van der Waals surface area contributed by atoms with Crippen LogP contribution in [0.4, 0.5) is 11.4 Å². The lowest BCUT2D eigenvalue weighted by Crippen LogP contribution is -2.19. The molecule has 0 fully saturated rings. The molecule has 4 N–H and O–H groups in total. The summed E-state index contributed by atoms with van der Waals surface area (Å²) in [7, 11) is 0. The van der Waals surface area contributed by atoms with Crippen LogP contribution in [0.15, 0.2) is 46.7 Å². The number of pyridine rings is 1. The van der Waals surface area contributed by atoms with Crippen LogP contribution in [0.25, 0.3) is 0 Å². The van der Waals surface area contributed by atoms with Crippen LogP contribution in [-0.4, -0.2) is 21.8 Å². The second-order valence-electron chi connectivity index (χ2n) is 5.71. The molecule has 0 spiro atoms. The molecular weight excluding hydrogens is 364 g/mol. The second kappa shape index (κ2) is 7.27. The number of hydrogen-bond donors (Lipinski definition) is 4. The SMILES string of the molecule is Cc1ccccc1C(=N)c1c(C#N)c[nH]c(=O)c1Nc1csc(C(=O)O)c1. The number of nitrogens with zero attached hydrogens (tertiary/aromatic N) is 1. The van der Waals surface area contributed by atoms with Gasteiger partial charge in [0.05, 0.1) is 17.0 Å². The minimum atomic E-state index is -1.07. The summed E-state index contributed by atoms with van der Waals surface area (Å²) in [5.41, 5.74) is 1.68. The van der Waals surface area contributed by atoms with Crippen LogP contribution in [0, 0.1) is 23.7 Å². The van der Waals surface area contributed by atoms with E-state index < -0.39 is 11.5 Å². The molecule has 0 bridgehead atoms. The molecule has 8 heteroatoms. The highest BCUT2D eigenvalue weighted by molar-refractivity contribution is 7.12. The van der Waals surface area contributed by atoms with E-state index >= 15 is 0 Å². The fourth-order valence-electron chi connectivity index (χ4n) is 2.64. The van der Waals surface area contributed by atoms with Gasteiger partial charge < -0.3 is 15.4 Å². The third-order valence-corrected chi connectivity index (χ3v) is 4.88. The zero-order valence-corrected chi connectivity index (χ0v) is 15.0. The number of anilines is 2. The van der Waals surface area contributed by atoms with E-state index in [-0.39, 0.29) is 27.4 Å². The Bertz CT molecular complexity index is 1150. The van der Waals surface area contributed by atoms with Gasteiger partial charge in [0.2, 0.25) is 0 Å². The van der Waals surface area contributed by atoms with E-state index in [2.05, 4.69) is 10.3 Å². The number of aromatic carboxylic acids is 1. The van der Waals surface area contributed by atoms with Crippen molar-refractivity contribution in [2.75, 3.05) is 5.32 Å². The van der Waals surface area contributed by atoms with Gasteiger partial charge in [-0.2, -0.15) is 5.26 Å². The van der Waals surface area contributed by atoms with Crippen molar-refractivity contribution in [2.45, 2.75) is 6.92 Å². The Morgan fingerprint density at radius 3 is 2.74 bits per heavy atom. The van der Waals surface area contributed by atoms with Crippen molar-refractivity contribution in [2.24, 2.45) is 0 Å². The van der Waals surface area contributed by atoms with Gasteiger partial charge in [-0.05, 0) is 18.6 Å². The van der Waals surface area contributed by atoms with E-state index in [1.165, 1.54) is 12.3 Å². The largest absolute Gasteiger partial charge is 0.477 e. The molecule has 0 radical (unpaired) electrons. The Hall–Kier alpha value is -3.70. The molecule has 2 heterocycles. The molecule has 1 aromatic carbocycles. The second-order valence-corrected chi connectivity index (χ2v) is 6.62. The van der Waals surface area contributed by atoms with E-state index in [0.717, 1.165) is 16.9 Å². The standard InChI is InChI=1S/C19H14N4O3S/c1-10-4-2-3-5-13(10)16(21)15-11(7-20)8-22-18(24)17(15)23-12-6-14(19(25)26)27-9-12/h2-6,8-9,21,23H,1H3,(H,22,24)(H,25,26). The molecule has 3 aromatic rings. The first kappa shape index (κ1) is 18.1. The minimum absolute atomic E-state index is 0.0250. The first-order chi connectivity index (χ1) is 12.9. The molecule has 3 rings (SSSR count). The number of carboxylic acid groups (broad SMARTS) is 1. The maximum atomic E-state index is 12.4. The quantitative estimate of drug-likeness (QED) is 0.505. The zero-order valence-electron chi connectivity index (χ0n) is 14.2. The van der Waals surface area contributed by atoms with Crippen molar-refractivity contribution in [3.8, 4) is 6.07 Å². The topological polar surface area (TPSA) is 130 Å². The molecule has 0 aliphatic carbocycles. The highest BCUT2D eigenvalue weighted by atomic mass is 32.1. The molecule has 0 amide bonds. The molecule has 0 saturated heterocycles. The van der Waals surface area contributed by atoms with E-state index in [1.54, 1.807) is 17.5 Å². The van der Waals surface area contributed by atoms with Crippen molar-refractivity contribution in [1.29, 1.82) is 10.7 Å². The smallest absolute Gasteiger partial charge is 0.345 e. The number of carbonyl (C=O) groups is 1. The van der Waals surface area contributed by atoms with Crippen LogP contribution in [0.1, 0.15) is 31.9 Å². The van der Waals surface area contributed by atoms with Crippen LogP contribution < -0.4 is 10.9 Å². The minimum Gasteiger partial charge on any atom is -0.477 e. The Kier molecular flexibility index (Phi) is 4.88. The van der Waals surface area contributed by atoms with Crippen LogP contribution in [0.3, 0.4) is 0 Å². The maximum Gasteiger partial charge on any atom is 0.345 e. The Morgan fingerprint density at radius 2 is 2.11 bits per heavy atom. The highest BCUT2D eigenvalue weighted by Crippen LogP contribution is 2.27. The fourth-order valence-corrected chi connectivity index (χ4v) is 3.32. The third kappa shape index (κ3) is 3.49. The average molecular weight is 378 g/mol. The van der Waals surface area contributed by atoms with E-state index in [4.69, 9.17) is 10.5 Å². The van der Waals surface area contributed by atoms with Gasteiger partial charge in [0.25, 0.3) is 5.56 Å². The Labute approximate surface area is 158 Å². The zero-order chi connectivity index (χ0) is 19.6. The van der Waals surface area contributed by atoms with Gasteiger partial charge in [0, 0.05) is 22.7 Å². The fraction of sp³-hybridized carbons (Fsp3) is 0.0526. The summed E-state index contributed by atoms with van der Waals surface area (Å²) in [5.74, 6) is -1.07. The number of H-pyrrole nitrogens is 1. The van der Waals surface area contributed by atoms with Gasteiger partial charge in [0.15, 0.2) is 0 Å². The molecule has 2 aromatic heterocycles. The number of thiophene rings is 1. The molecule has 0 saturated carbocycles. The normalized spacial score (nSPS) is 10.2. The van der Waals surface area contributed by atoms with Crippen LogP contribution >= 0.6 is 11.3 Å². The van der Waals surface area contributed by atoms with E-state index in [9.17, 15) is 14.9 Å². The van der Waals surface area contributed by atoms with Gasteiger partial charge in [-0.1, -0.05) is 24.3 Å². The summed E-state index contributed by atoms with van der Waals surface area (Å²) < 4.78 is 0. The van der Waals surface area contributed by atoms with Gasteiger partial charge in [-0.3, -0.25) is 10.2 Å². The summed E-state index contributed by atoms with van der Waals surface area (Å²) in [6.07, 6.45) is 1.27. The molecular formula is C19H14N4O3S. The van der Waals surface area contributed by atoms with E-state index in [1.807, 2.05) is 25.1 Å². The van der Waals surface area contributed by atoms with E-state index in [0.29, 0.717) is 11.3 Å². The maximum absolute atomic E-state index is 12.4. The number of hydrogen-bond acceptors (Lipinski definition) is 6. The number of aromatic nitrogens is 1. The number of nitrogens with one attached hydrogen (secondary N) is 3. The van der Waals surface area contributed by atoms with Gasteiger partial charge in [-0.15, -0.1) is 11.3 Å². The number of nitriles is 1. The van der Waals surface area contributed by atoms with Gasteiger partial charge in [-0.25, -0.2) is 4.79 Å². The highest BCUT2D eigenvalue weighted by Gasteiger charge is 2.20. The van der Waals surface area contributed by atoms with Gasteiger partial charge >= 0.3 is 5.97 Å².